The van der Waals surface area contributed by atoms with E-state index in [0.29, 0.717) is 6.04 Å². The molecule has 2 heterocycles. The lowest BCUT2D eigenvalue weighted by atomic mass is 9.58. The first-order chi connectivity index (χ1) is 9.30. The highest BCUT2D eigenvalue weighted by atomic mass is 16.5. The Morgan fingerprint density at radius 3 is 3.26 bits per heavy atom. The minimum absolute atomic E-state index is 0.0215. The molecule has 19 heavy (non-hydrogen) atoms. The fourth-order valence-electron chi connectivity index (χ4n) is 4.48. The van der Waals surface area contributed by atoms with E-state index < -0.39 is 0 Å². The van der Waals surface area contributed by atoms with Crippen LogP contribution in [0.15, 0.2) is 35.9 Å². The number of rotatable bonds is 0. The molecule has 3 nitrogen and oxygen atoms in total. The second-order valence-electron chi connectivity index (χ2n) is 5.93. The van der Waals surface area contributed by atoms with Crippen LogP contribution >= 0.6 is 0 Å². The molecule has 0 aromatic heterocycles. The number of hydrogen-bond donors (Lipinski definition) is 2. The molecule has 0 amide bonds. The summed E-state index contributed by atoms with van der Waals surface area (Å²) in [7, 11) is 0. The van der Waals surface area contributed by atoms with Crippen LogP contribution in [0.25, 0.3) is 0 Å². The normalized spacial score (nSPS) is 36.5. The van der Waals surface area contributed by atoms with Crippen LogP contribution in [0.5, 0.6) is 11.5 Å². The molecule has 3 heteroatoms. The number of phenolic OH excluding ortho intramolecular Hbond substituents is 1. The molecule has 0 radical (unpaired) electrons. The molecule has 5 rings (SSSR count). The van der Waals surface area contributed by atoms with Crippen molar-refractivity contribution in [2.24, 2.45) is 0 Å². The van der Waals surface area contributed by atoms with Gasteiger partial charge in [0.05, 0.1) is 5.41 Å². The van der Waals surface area contributed by atoms with Gasteiger partial charge in [0, 0.05) is 11.6 Å². The fourth-order valence-corrected chi connectivity index (χ4v) is 4.48. The number of hydrogen-bond acceptors (Lipinski definition) is 3. The summed E-state index contributed by atoms with van der Waals surface area (Å²) in [5.74, 6) is 1.01. The van der Waals surface area contributed by atoms with Gasteiger partial charge in [-0.3, -0.25) is 0 Å². The van der Waals surface area contributed by atoms with Gasteiger partial charge in [-0.15, -0.1) is 0 Å². The van der Waals surface area contributed by atoms with Gasteiger partial charge in [-0.25, -0.2) is 0 Å². The molecule has 2 bridgehead atoms. The minimum Gasteiger partial charge on any atom is -0.504 e. The molecular formula is C16H15NO2. The third-order valence-corrected chi connectivity index (χ3v) is 5.19. The maximum Gasteiger partial charge on any atom is 0.166 e. The summed E-state index contributed by atoms with van der Waals surface area (Å²) in [6.07, 6.45) is 8.60. The smallest absolute Gasteiger partial charge is 0.166 e. The molecule has 2 aliphatic heterocycles. The summed E-state index contributed by atoms with van der Waals surface area (Å²) in [5.41, 5.74) is 4.01. The maximum atomic E-state index is 10.1. The Bertz CT molecular complexity index is 661. The molecule has 2 aliphatic carbocycles. The zero-order valence-corrected chi connectivity index (χ0v) is 10.5. The van der Waals surface area contributed by atoms with Gasteiger partial charge >= 0.3 is 0 Å². The van der Waals surface area contributed by atoms with Crippen LogP contribution in [0.4, 0.5) is 0 Å². The Labute approximate surface area is 111 Å². The van der Waals surface area contributed by atoms with Crippen molar-refractivity contribution in [3.05, 3.63) is 47.1 Å². The first-order valence-corrected chi connectivity index (χ1v) is 6.95. The molecular weight excluding hydrogens is 238 g/mol. The van der Waals surface area contributed by atoms with E-state index in [0.717, 1.165) is 25.1 Å². The van der Waals surface area contributed by atoms with Gasteiger partial charge in [0.15, 0.2) is 11.5 Å². The number of ether oxygens (including phenoxy) is 1. The molecule has 1 unspecified atom stereocenters. The number of nitrogens with one attached hydrogen (secondary N) is 1. The lowest BCUT2D eigenvalue weighted by Gasteiger charge is -2.49. The Hall–Kier alpha value is -1.74. The van der Waals surface area contributed by atoms with Gasteiger partial charge in [0.25, 0.3) is 0 Å². The third-order valence-electron chi connectivity index (χ3n) is 5.19. The zero-order chi connectivity index (χ0) is 12.6. The molecule has 1 aromatic rings. The summed E-state index contributed by atoms with van der Waals surface area (Å²) in [4.78, 5) is 0. The minimum atomic E-state index is -0.0215. The van der Waals surface area contributed by atoms with Crippen molar-refractivity contribution >= 4 is 0 Å². The van der Waals surface area contributed by atoms with E-state index in [1.165, 1.54) is 16.7 Å². The van der Waals surface area contributed by atoms with Crippen LogP contribution < -0.4 is 10.1 Å². The Morgan fingerprint density at radius 2 is 2.32 bits per heavy atom. The van der Waals surface area contributed by atoms with Crippen molar-refractivity contribution in [2.45, 2.75) is 30.4 Å². The lowest BCUT2D eigenvalue weighted by Crippen LogP contribution is -2.57. The number of phenols is 1. The van der Waals surface area contributed by atoms with Gasteiger partial charge in [0.2, 0.25) is 0 Å². The Balaban J connectivity index is 1.91. The number of aromatic hydroxyl groups is 1. The van der Waals surface area contributed by atoms with E-state index in [1.807, 2.05) is 0 Å². The number of allylic oxidation sites excluding steroid dienone is 2. The number of piperidine rings is 1. The average molecular weight is 253 g/mol. The van der Waals surface area contributed by atoms with Crippen molar-refractivity contribution in [3.8, 4) is 11.5 Å². The quantitative estimate of drug-likeness (QED) is 0.741. The van der Waals surface area contributed by atoms with Gasteiger partial charge in [-0.2, -0.15) is 0 Å². The van der Waals surface area contributed by atoms with Gasteiger partial charge < -0.3 is 15.2 Å². The molecule has 1 spiro atoms. The molecule has 1 fully saturated rings. The second kappa shape index (κ2) is 3.05. The monoisotopic (exact) mass is 253 g/mol. The van der Waals surface area contributed by atoms with Crippen LogP contribution in [0, 0.1) is 0 Å². The highest BCUT2D eigenvalue weighted by Gasteiger charge is 2.58. The molecule has 0 saturated carbocycles. The van der Waals surface area contributed by atoms with Crippen molar-refractivity contribution < 1.29 is 9.84 Å². The summed E-state index contributed by atoms with van der Waals surface area (Å²) < 4.78 is 6.10. The van der Waals surface area contributed by atoms with E-state index in [9.17, 15) is 5.11 Å². The second-order valence-corrected chi connectivity index (χ2v) is 5.93. The first kappa shape index (κ1) is 10.1. The molecule has 3 atom stereocenters. The highest BCUT2D eigenvalue weighted by Crippen LogP contribution is 2.59. The fraction of sp³-hybridized carbons (Fsp3) is 0.375. The first-order valence-electron chi connectivity index (χ1n) is 6.95. The van der Waals surface area contributed by atoms with E-state index in [2.05, 4.69) is 29.6 Å². The van der Waals surface area contributed by atoms with Crippen molar-refractivity contribution in [2.75, 3.05) is 6.54 Å². The summed E-state index contributed by atoms with van der Waals surface area (Å²) in [6.45, 7) is 1.02. The maximum absolute atomic E-state index is 10.1. The molecule has 1 aromatic carbocycles. The van der Waals surface area contributed by atoms with E-state index in [-0.39, 0.29) is 17.3 Å². The summed E-state index contributed by atoms with van der Waals surface area (Å²) in [6, 6.07) is 4.26. The van der Waals surface area contributed by atoms with Crippen LogP contribution in [0.2, 0.25) is 0 Å². The van der Waals surface area contributed by atoms with E-state index >= 15 is 0 Å². The van der Waals surface area contributed by atoms with Crippen LogP contribution in [-0.2, 0) is 11.8 Å². The van der Waals surface area contributed by atoms with Crippen LogP contribution in [0.3, 0.4) is 0 Å². The van der Waals surface area contributed by atoms with E-state index in [1.54, 1.807) is 6.07 Å². The average Bonchev–Trinajstić information content (AvgIpc) is 2.74. The van der Waals surface area contributed by atoms with Gasteiger partial charge in [-0.1, -0.05) is 18.2 Å². The zero-order valence-electron chi connectivity index (χ0n) is 10.5. The summed E-state index contributed by atoms with van der Waals surface area (Å²) >= 11 is 0. The van der Waals surface area contributed by atoms with Crippen LogP contribution in [0.1, 0.15) is 17.5 Å². The topological polar surface area (TPSA) is 41.5 Å². The molecule has 96 valence electrons. The summed E-state index contributed by atoms with van der Waals surface area (Å²) in [5, 5.41) is 13.7. The SMILES string of the molecule is Oc1ccc2c3c1O[C@@H]1C=CC=C4C(C2)NCC[C@]431. The van der Waals surface area contributed by atoms with Gasteiger partial charge in [-0.05, 0) is 42.7 Å². The van der Waals surface area contributed by atoms with Crippen molar-refractivity contribution in [3.63, 3.8) is 0 Å². The predicted molar refractivity (Wildman–Crippen MR) is 71.5 cm³/mol. The lowest BCUT2D eigenvalue weighted by molar-refractivity contribution is 0.174. The van der Waals surface area contributed by atoms with E-state index in [4.69, 9.17) is 4.74 Å². The Morgan fingerprint density at radius 1 is 1.37 bits per heavy atom. The third kappa shape index (κ3) is 0.974. The van der Waals surface area contributed by atoms with Crippen LogP contribution in [-0.4, -0.2) is 23.8 Å². The number of benzene rings is 1. The largest absolute Gasteiger partial charge is 0.504 e. The molecule has 4 aliphatic rings. The molecule has 2 N–H and O–H groups in total. The standard InChI is InChI=1S/C16H15NO2/c18-12-5-4-9-8-11-10-2-1-3-13-16(10,6-7-17-11)14(9)15(12)19-13/h1-5,11,13,17-18H,6-8H2/t11?,13-,16-/m1/s1. The van der Waals surface area contributed by atoms with Gasteiger partial charge in [0.1, 0.15) is 6.10 Å². The Kier molecular flexibility index (Phi) is 1.62. The molecule has 1 saturated heterocycles. The van der Waals surface area contributed by atoms with Crippen molar-refractivity contribution in [1.29, 1.82) is 0 Å². The highest BCUT2D eigenvalue weighted by molar-refractivity contribution is 5.66. The predicted octanol–water partition coefficient (Wildman–Crippen LogP) is 1.81. The van der Waals surface area contributed by atoms with Crippen molar-refractivity contribution in [1.82, 2.24) is 5.32 Å².